The minimum atomic E-state index is 0.225. The van der Waals surface area contributed by atoms with Gasteiger partial charge in [-0.1, -0.05) is 37.5 Å². The minimum Gasteiger partial charge on any atom is -0.238 e. The molecule has 1 saturated carbocycles. The molecule has 0 saturated heterocycles. The Kier molecular flexibility index (Phi) is 4.74. The van der Waals surface area contributed by atoms with E-state index in [4.69, 9.17) is 0 Å². The quantitative estimate of drug-likeness (QED) is 0.696. The fourth-order valence-corrected chi connectivity index (χ4v) is 3.81. The van der Waals surface area contributed by atoms with Crippen LogP contribution in [0.25, 0.3) is 0 Å². The van der Waals surface area contributed by atoms with E-state index in [0.29, 0.717) is 0 Å². The molecule has 0 spiro atoms. The maximum atomic E-state index is 2.63. The molecule has 1 aromatic rings. The van der Waals surface area contributed by atoms with Crippen LogP contribution in [0.4, 0.5) is 0 Å². The van der Waals surface area contributed by atoms with Crippen molar-refractivity contribution in [3.63, 3.8) is 0 Å². The van der Waals surface area contributed by atoms with Gasteiger partial charge < -0.3 is 0 Å². The molecule has 100 valence electrons. The number of benzene rings is 1. The van der Waals surface area contributed by atoms with Crippen molar-refractivity contribution in [1.82, 2.24) is 4.31 Å². The third-order valence-corrected chi connectivity index (χ3v) is 5.04. The zero-order valence-corrected chi connectivity index (χ0v) is 12.7. The highest BCUT2D eigenvalue weighted by atomic mass is 32.2. The van der Waals surface area contributed by atoms with Crippen LogP contribution in [0.5, 0.6) is 0 Å². The summed E-state index contributed by atoms with van der Waals surface area (Å²) in [5.41, 5.74) is 0.225. The molecule has 1 nitrogen and oxygen atoms in total. The molecule has 1 fully saturated rings. The van der Waals surface area contributed by atoms with Gasteiger partial charge in [-0.05, 0) is 57.7 Å². The van der Waals surface area contributed by atoms with E-state index in [2.05, 4.69) is 55.4 Å². The third kappa shape index (κ3) is 3.76. The summed E-state index contributed by atoms with van der Waals surface area (Å²) in [7, 11) is 0. The van der Waals surface area contributed by atoms with Gasteiger partial charge in [0, 0.05) is 16.5 Å². The Morgan fingerprint density at radius 3 is 2.17 bits per heavy atom. The van der Waals surface area contributed by atoms with Gasteiger partial charge in [0.15, 0.2) is 0 Å². The third-order valence-electron chi connectivity index (χ3n) is 3.51. The van der Waals surface area contributed by atoms with Crippen molar-refractivity contribution in [2.75, 3.05) is 0 Å². The molecular formula is C16H25NS. The summed E-state index contributed by atoms with van der Waals surface area (Å²) in [6.45, 7) is 6.99. The van der Waals surface area contributed by atoms with E-state index in [1.807, 2.05) is 11.9 Å². The second-order valence-electron chi connectivity index (χ2n) is 6.19. The standard InChI is InChI=1S/C16H25NS/c1-16(2,3)17(14-10-6-4-7-11-14)18-15-12-8-5-9-13-15/h5,8-9,12-14H,4,6-7,10-11H2,1-3H3. The fourth-order valence-electron chi connectivity index (χ4n) is 2.67. The van der Waals surface area contributed by atoms with Crippen LogP contribution in [0.2, 0.25) is 0 Å². The Morgan fingerprint density at radius 1 is 1.00 bits per heavy atom. The number of nitrogens with zero attached hydrogens (tertiary/aromatic N) is 1. The van der Waals surface area contributed by atoms with Gasteiger partial charge in [0.1, 0.15) is 0 Å². The molecule has 0 amide bonds. The molecule has 18 heavy (non-hydrogen) atoms. The van der Waals surface area contributed by atoms with E-state index < -0.39 is 0 Å². The van der Waals surface area contributed by atoms with E-state index >= 15 is 0 Å². The predicted octanol–water partition coefficient (Wildman–Crippen LogP) is 5.13. The van der Waals surface area contributed by atoms with Crippen molar-refractivity contribution in [2.45, 2.75) is 69.4 Å². The highest BCUT2D eigenvalue weighted by Crippen LogP contribution is 2.37. The Bertz CT molecular complexity index is 349. The molecule has 0 atom stereocenters. The largest absolute Gasteiger partial charge is 0.238 e. The van der Waals surface area contributed by atoms with E-state index in [0.717, 1.165) is 6.04 Å². The smallest absolute Gasteiger partial charge is 0.0235 e. The summed E-state index contributed by atoms with van der Waals surface area (Å²) >= 11 is 1.94. The van der Waals surface area contributed by atoms with Crippen molar-refractivity contribution < 1.29 is 0 Å². The normalized spacial score (nSPS) is 18.2. The Morgan fingerprint density at radius 2 is 1.61 bits per heavy atom. The van der Waals surface area contributed by atoms with E-state index in [1.165, 1.54) is 37.0 Å². The van der Waals surface area contributed by atoms with E-state index in [1.54, 1.807) is 0 Å². The van der Waals surface area contributed by atoms with Gasteiger partial charge in [-0.3, -0.25) is 0 Å². The van der Waals surface area contributed by atoms with E-state index in [-0.39, 0.29) is 5.54 Å². The number of hydrogen-bond acceptors (Lipinski definition) is 2. The van der Waals surface area contributed by atoms with Crippen molar-refractivity contribution in [3.05, 3.63) is 30.3 Å². The summed E-state index contributed by atoms with van der Waals surface area (Å²) in [6.07, 6.45) is 6.93. The summed E-state index contributed by atoms with van der Waals surface area (Å²) in [4.78, 5) is 1.36. The van der Waals surface area contributed by atoms with E-state index in [9.17, 15) is 0 Å². The predicted molar refractivity (Wildman–Crippen MR) is 80.8 cm³/mol. The van der Waals surface area contributed by atoms with Gasteiger partial charge in [-0.15, -0.1) is 0 Å². The molecule has 0 radical (unpaired) electrons. The maximum absolute atomic E-state index is 2.63. The molecular weight excluding hydrogens is 238 g/mol. The van der Waals surface area contributed by atoms with Crippen LogP contribution in [0, 0.1) is 0 Å². The molecule has 0 N–H and O–H groups in total. The molecule has 0 heterocycles. The molecule has 1 aromatic carbocycles. The highest BCUT2D eigenvalue weighted by Gasteiger charge is 2.30. The van der Waals surface area contributed by atoms with Crippen molar-refractivity contribution >= 4 is 11.9 Å². The van der Waals surface area contributed by atoms with Crippen molar-refractivity contribution in [1.29, 1.82) is 0 Å². The average molecular weight is 263 g/mol. The minimum absolute atomic E-state index is 0.225. The monoisotopic (exact) mass is 263 g/mol. The lowest BCUT2D eigenvalue weighted by atomic mass is 9.93. The van der Waals surface area contributed by atoms with Crippen LogP contribution in [-0.2, 0) is 0 Å². The first-order chi connectivity index (χ1) is 8.57. The SMILES string of the molecule is CC(C)(C)N(Sc1ccccc1)C1CCCCC1. The molecule has 2 heteroatoms. The molecule has 0 aromatic heterocycles. The fraction of sp³-hybridized carbons (Fsp3) is 0.625. The molecule has 0 aliphatic heterocycles. The second kappa shape index (κ2) is 6.12. The van der Waals surface area contributed by atoms with Crippen LogP contribution in [0.15, 0.2) is 35.2 Å². The first-order valence-corrected chi connectivity index (χ1v) is 7.87. The van der Waals surface area contributed by atoms with Crippen LogP contribution < -0.4 is 0 Å². The van der Waals surface area contributed by atoms with Crippen molar-refractivity contribution in [2.24, 2.45) is 0 Å². The Hall–Kier alpha value is -0.470. The Labute approximate surface area is 116 Å². The number of rotatable bonds is 3. The second-order valence-corrected chi connectivity index (χ2v) is 7.24. The maximum Gasteiger partial charge on any atom is 0.0235 e. The topological polar surface area (TPSA) is 3.24 Å². The van der Waals surface area contributed by atoms with Gasteiger partial charge in [0.2, 0.25) is 0 Å². The van der Waals surface area contributed by atoms with Gasteiger partial charge in [0.05, 0.1) is 0 Å². The first kappa shape index (κ1) is 14.0. The lowest BCUT2D eigenvalue weighted by Gasteiger charge is -2.42. The molecule has 1 aliphatic carbocycles. The molecule has 0 bridgehead atoms. The summed E-state index contributed by atoms with van der Waals surface area (Å²) in [5, 5.41) is 0. The van der Waals surface area contributed by atoms with Gasteiger partial charge >= 0.3 is 0 Å². The average Bonchev–Trinajstić information content (AvgIpc) is 2.37. The lowest BCUT2D eigenvalue weighted by molar-refractivity contribution is 0.172. The van der Waals surface area contributed by atoms with Gasteiger partial charge in [-0.25, -0.2) is 4.31 Å². The lowest BCUT2D eigenvalue weighted by Crippen LogP contribution is -2.44. The van der Waals surface area contributed by atoms with Crippen LogP contribution in [0.3, 0.4) is 0 Å². The first-order valence-electron chi connectivity index (χ1n) is 7.10. The van der Waals surface area contributed by atoms with Crippen LogP contribution in [-0.4, -0.2) is 15.9 Å². The molecule has 1 aliphatic rings. The zero-order valence-electron chi connectivity index (χ0n) is 11.9. The zero-order chi connectivity index (χ0) is 13.0. The summed E-state index contributed by atoms with van der Waals surface area (Å²) in [5.74, 6) is 0. The van der Waals surface area contributed by atoms with Gasteiger partial charge in [0.25, 0.3) is 0 Å². The molecule has 0 unspecified atom stereocenters. The molecule has 2 rings (SSSR count). The van der Waals surface area contributed by atoms with Crippen LogP contribution >= 0.6 is 11.9 Å². The number of hydrogen-bond donors (Lipinski definition) is 0. The Balaban J connectivity index is 2.10. The van der Waals surface area contributed by atoms with Gasteiger partial charge in [-0.2, -0.15) is 0 Å². The highest BCUT2D eigenvalue weighted by molar-refractivity contribution is 7.97. The summed E-state index contributed by atoms with van der Waals surface area (Å²) in [6, 6.07) is 11.5. The van der Waals surface area contributed by atoms with Crippen molar-refractivity contribution in [3.8, 4) is 0 Å². The summed E-state index contributed by atoms with van der Waals surface area (Å²) < 4.78 is 2.63. The van der Waals surface area contributed by atoms with Crippen LogP contribution in [0.1, 0.15) is 52.9 Å².